The number of unbranched alkanes of at least 4 members (excludes halogenated alkanes) is 12. The van der Waals surface area contributed by atoms with Gasteiger partial charge in [-0.05, 0) is 65.2 Å². The third kappa shape index (κ3) is 11.7. The number of ether oxygens (including phenoxy) is 1. The van der Waals surface area contributed by atoms with Gasteiger partial charge in [0.05, 0.1) is 0 Å². The zero-order chi connectivity index (χ0) is 27.4. The molecule has 5 nitrogen and oxygen atoms in total. The van der Waals surface area contributed by atoms with Crippen LogP contribution >= 0.6 is 0 Å². The molecule has 0 heterocycles. The van der Waals surface area contributed by atoms with Gasteiger partial charge in [-0.1, -0.05) is 90.0 Å². The van der Waals surface area contributed by atoms with Gasteiger partial charge < -0.3 is 21.9 Å². The van der Waals surface area contributed by atoms with Crippen molar-refractivity contribution >= 4 is 5.97 Å². The number of nitrogens with two attached hydrogens (primary N) is 3. The fraction of sp³-hybridized carbons (Fsp3) is 0.774. The number of esters is 1. The summed E-state index contributed by atoms with van der Waals surface area (Å²) in [5, 5.41) is 0. The van der Waals surface area contributed by atoms with E-state index in [4.69, 9.17) is 21.9 Å². The summed E-state index contributed by atoms with van der Waals surface area (Å²) in [5.41, 5.74) is 20.1. The summed E-state index contributed by atoms with van der Waals surface area (Å²) in [6.07, 6.45) is 17.0. The summed E-state index contributed by atoms with van der Waals surface area (Å²) in [5.74, 6) is 0.271. The molecule has 0 atom stereocenters. The van der Waals surface area contributed by atoms with Gasteiger partial charge >= 0.3 is 5.97 Å². The molecule has 0 spiro atoms. The fourth-order valence-corrected chi connectivity index (χ4v) is 4.98. The number of carbonyl (C=O) groups is 1. The lowest BCUT2D eigenvalue weighted by molar-refractivity contribution is -0.134. The zero-order valence-electron chi connectivity index (χ0n) is 24.6. The molecule has 1 aromatic rings. The Morgan fingerprint density at radius 3 is 1.44 bits per heavy atom. The predicted octanol–water partition coefficient (Wildman–Crippen LogP) is 7.65. The average molecular weight is 504 g/mol. The lowest BCUT2D eigenvalue weighted by Gasteiger charge is -2.36. The predicted molar refractivity (Wildman–Crippen MR) is 154 cm³/mol. The van der Waals surface area contributed by atoms with Crippen LogP contribution in [-0.2, 0) is 21.4 Å². The average Bonchev–Trinajstić information content (AvgIpc) is 2.74. The van der Waals surface area contributed by atoms with Crippen LogP contribution in [0.25, 0.3) is 0 Å². The van der Waals surface area contributed by atoms with Crippen LogP contribution < -0.4 is 21.9 Å². The van der Waals surface area contributed by atoms with Crippen LogP contribution in [0.1, 0.15) is 155 Å². The normalized spacial score (nSPS) is 12.7. The van der Waals surface area contributed by atoms with Gasteiger partial charge in [-0.15, -0.1) is 0 Å². The second kappa shape index (κ2) is 15.1. The van der Waals surface area contributed by atoms with Crippen LogP contribution in [0.2, 0.25) is 0 Å². The monoisotopic (exact) mass is 503 g/mol. The summed E-state index contributed by atoms with van der Waals surface area (Å²) in [7, 11) is 0. The van der Waals surface area contributed by atoms with E-state index >= 15 is 0 Å². The van der Waals surface area contributed by atoms with Crippen LogP contribution in [0.15, 0.2) is 12.1 Å². The second-order valence-electron chi connectivity index (χ2n) is 12.5. The van der Waals surface area contributed by atoms with Gasteiger partial charge in [0, 0.05) is 28.6 Å². The zero-order valence-corrected chi connectivity index (χ0v) is 24.6. The van der Waals surface area contributed by atoms with E-state index in [1.807, 2.05) is 53.7 Å². The van der Waals surface area contributed by atoms with Crippen LogP contribution in [0.5, 0.6) is 5.75 Å². The topological polar surface area (TPSA) is 104 Å². The molecule has 5 heteroatoms. The highest BCUT2D eigenvalue weighted by Gasteiger charge is 2.35. The van der Waals surface area contributed by atoms with Gasteiger partial charge in [-0.3, -0.25) is 4.79 Å². The van der Waals surface area contributed by atoms with Crippen molar-refractivity contribution in [2.75, 3.05) is 0 Å². The van der Waals surface area contributed by atoms with Gasteiger partial charge in [-0.25, -0.2) is 0 Å². The summed E-state index contributed by atoms with van der Waals surface area (Å²) >= 11 is 0. The largest absolute Gasteiger partial charge is 0.426 e. The minimum atomic E-state index is -0.752. The van der Waals surface area contributed by atoms with Crippen LogP contribution in [0.3, 0.4) is 0 Å². The molecular weight excluding hydrogens is 446 g/mol. The highest BCUT2D eigenvalue weighted by molar-refractivity contribution is 5.73. The molecular formula is C31H57N3O2. The SMILES string of the molecule is CCCCCCCCCCCCCCCC(=O)Oc1ccc(C(C)(C)N)c(C(C)(C)N)c1C(C)(C)N. The van der Waals surface area contributed by atoms with E-state index in [-0.39, 0.29) is 5.97 Å². The molecule has 0 unspecified atom stereocenters. The Kier molecular flexibility index (Phi) is 13.7. The van der Waals surface area contributed by atoms with Crippen molar-refractivity contribution in [3.05, 3.63) is 28.8 Å². The Hall–Kier alpha value is -1.43. The van der Waals surface area contributed by atoms with E-state index in [0.29, 0.717) is 12.2 Å². The molecule has 0 aliphatic rings. The van der Waals surface area contributed by atoms with Gasteiger partial charge in [0.15, 0.2) is 0 Å². The molecule has 0 aromatic heterocycles. The first-order chi connectivity index (χ1) is 16.7. The van der Waals surface area contributed by atoms with E-state index in [0.717, 1.165) is 29.5 Å². The minimum Gasteiger partial charge on any atom is -0.426 e. The Bertz CT molecular complexity index is 783. The van der Waals surface area contributed by atoms with Gasteiger partial charge in [0.2, 0.25) is 0 Å². The van der Waals surface area contributed by atoms with E-state index < -0.39 is 16.6 Å². The van der Waals surface area contributed by atoms with E-state index in [1.165, 1.54) is 70.6 Å². The van der Waals surface area contributed by atoms with Crippen molar-refractivity contribution in [1.29, 1.82) is 0 Å². The van der Waals surface area contributed by atoms with E-state index in [2.05, 4.69) is 6.92 Å². The minimum absolute atomic E-state index is 0.218. The molecule has 0 radical (unpaired) electrons. The molecule has 0 aliphatic heterocycles. The Morgan fingerprint density at radius 1 is 0.639 bits per heavy atom. The number of carbonyl (C=O) groups excluding carboxylic acids is 1. The van der Waals surface area contributed by atoms with Crippen molar-refractivity contribution in [3.8, 4) is 5.75 Å². The first kappa shape index (κ1) is 32.6. The van der Waals surface area contributed by atoms with Gasteiger partial charge in [-0.2, -0.15) is 0 Å². The van der Waals surface area contributed by atoms with Crippen LogP contribution in [-0.4, -0.2) is 5.97 Å². The van der Waals surface area contributed by atoms with Gasteiger partial charge in [0.25, 0.3) is 0 Å². The lowest BCUT2D eigenvalue weighted by atomic mass is 9.75. The molecule has 1 rings (SSSR count). The summed E-state index contributed by atoms with van der Waals surface area (Å²) in [4.78, 5) is 12.7. The lowest BCUT2D eigenvalue weighted by Crippen LogP contribution is -2.42. The Labute approximate surface area is 222 Å². The molecule has 0 fully saturated rings. The van der Waals surface area contributed by atoms with Gasteiger partial charge in [0.1, 0.15) is 5.75 Å². The second-order valence-corrected chi connectivity index (χ2v) is 12.5. The third-order valence-corrected chi connectivity index (χ3v) is 6.86. The highest BCUT2D eigenvalue weighted by atomic mass is 16.5. The number of rotatable bonds is 18. The Morgan fingerprint density at radius 2 is 1.06 bits per heavy atom. The first-order valence-corrected chi connectivity index (χ1v) is 14.4. The maximum absolute atomic E-state index is 12.7. The summed E-state index contributed by atoms with van der Waals surface area (Å²) in [6.45, 7) is 13.9. The Balaban J connectivity index is 2.57. The molecule has 1 aromatic carbocycles. The third-order valence-electron chi connectivity index (χ3n) is 6.86. The van der Waals surface area contributed by atoms with Crippen molar-refractivity contribution < 1.29 is 9.53 Å². The summed E-state index contributed by atoms with van der Waals surface area (Å²) in [6, 6.07) is 3.75. The maximum Gasteiger partial charge on any atom is 0.311 e. The van der Waals surface area contributed by atoms with Crippen molar-refractivity contribution in [3.63, 3.8) is 0 Å². The van der Waals surface area contributed by atoms with Crippen molar-refractivity contribution in [2.45, 2.75) is 155 Å². The molecule has 0 amide bonds. The molecule has 0 saturated carbocycles. The molecule has 208 valence electrons. The number of benzene rings is 1. The fourth-order valence-electron chi connectivity index (χ4n) is 4.98. The smallest absolute Gasteiger partial charge is 0.311 e. The number of hydrogen-bond acceptors (Lipinski definition) is 5. The quantitative estimate of drug-likeness (QED) is 0.108. The van der Waals surface area contributed by atoms with Crippen LogP contribution in [0, 0.1) is 0 Å². The molecule has 6 N–H and O–H groups in total. The highest BCUT2D eigenvalue weighted by Crippen LogP contribution is 2.41. The molecule has 0 saturated heterocycles. The maximum atomic E-state index is 12.7. The van der Waals surface area contributed by atoms with Crippen molar-refractivity contribution in [2.24, 2.45) is 17.2 Å². The van der Waals surface area contributed by atoms with Crippen molar-refractivity contribution in [1.82, 2.24) is 0 Å². The standard InChI is InChI=1S/C31H57N3O2/c1-8-9-10-11-12-13-14-15-16-17-18-19-20-21-26(35)36-25-23-22-24(29(2,3)32)27(30(4,5)33)28(25)31(6,7)34/h22-23H,8-21,32-34H2,1-7H3. The van der Waals surface area contributed by atoms with Crippen LogP contribution in [0.4, 0.5) is 0 Å². The van der Waals surface area contributed by atoms with E-state index in [9.17, 15) is 4.79 Å². The molecule has 36 heavy (non-hydrogen) atoms. The molecule has 0 aliphatic carbocycles. The molecule has 0 bridgehead atoms. The number of hydrogen-bond donors (Lipinski definition) is 3. The summed E-state index contributed by atoms with van der Waals surface area (Å²) < 4.78 is 5.87. The first-order valence-electron chi connectivity index (χ1n) is 14.4. The van der Waals surface area contributed by atoms with E-state index in [1.54, 1.807) is 0 Å².